The van der Waals surface area contributed by atoms with E-state index in [-0.39, 0.29) is 28.8 Å². The number of amides is 2. The van der Waals surface area contributed by atoms with Crippen molar-refractivity contribution in [1.82, 2.24) is 14.5 Å². The molecule has 10 nitrogen and oxygen atoms in total. The molecule has 12 heteroatoms. The molecule has 51 heavy (non-hydrogen) atoms. The lowest BCUT2D eigenvalue weighted by Gasteiger charge is -2.46. The molecular weight excluding hydrogens is 686 g/mol. The number of halogens is 1. The summed E-state index contributed by atoms with van der Waals surface area (Å²) in [5, 5.41) is 4.99. The van der Waals surface area contributed by atoms with Crippen LogP contribution in [-0.2, 0) is 33.0 Å². The van der Waals surface area contributed by atoms with Crippen LogP contribution < -0.4 is 14.4 Å². The Morgan fingerprint density at radius 1 is 1.22 bits per heavy atom. The fraction of sp³-hybridized carbons (Fsp3) is 0.513. The first-order valence-corrected chi connectivity index (χ1v) is 20.3. The number of aromatic nitrogens is 2. The lowest BCUT2D eigenvalue weighted by molar-refractivity contribution is 0.0131. The van der Waals surface area contributed by atoms with Gasteiger partial charge < -0.3 is 14.4 Å². The van der Waals surface area contributed by atoms with Gasteiger partial charge in [0.25, 0.3) is 11.8 Å². The van der Waals surface area contributed by atoms with Crippen molar-refractivity contribution in [3.8, 4) is 5.75 Å². The second kappa shape index (κ2) is 14.8. The van der Waals surface area contributed by atoms with E-state index in [0.29, 0.717) is 42.7 Å². The molecule has 7 rings (SSSR count). The normalized spacial score (nSPS) is 29.8. The number of allylic oxidation sites excluding steroid dienone is 1. The molecule has 2 aliphatic carbocycles. The van der Waals surface area contributed by atoms with Crippen LogP contribution in [0, 0.1) is 17.8 Å². The van der Waals surface area contributed by atoms with Crippen molar-refractivity contribution >= 4 is 39.0 Å². The van der Waals surface area contributed by atoms with Gasteiger partial charge in [0, 0.05) is 48.9 Å². The molecule has 0 radical (unpaired) electrons. The highest BCUT2D eigenvalue weighted by Gasteiger charge is 2.44. The van der Waals surface area contributed by atoms with Gasteiger partial charge in [0.2, 0.25) is 0 Å². The lowest BCUT2D eigenvalue weighted by atomic mass is 9.68. The molecule has 0 saturated heterocycles. The van der Waals surface area contributed by atoms with Crippen LogP contribution >= 0.6 is 11.6 Å². The Morgan fingerprint density at radius 3 is 2.86 bits per heavy atom. The van der Waals surface area contributed by atoms with Crippen LogP contribution in [0.5, 0.6) is 5.75 Å². The largest absolute Gasteiger partial charge is 0.490 e. The summed E-state index contributed by atoms with van der Waals surface area (Å²) >= 11 is 6.46. The van der Waals surface area contributed by atoms with E-state index in [0.717, 1.165) is 62.3 Å². The number of benzene rings is 2. The number of nitrogens with zero attached hydrogens (tertiary/aromatic N) is 4. The Kier molecular flexibility index (Phi) is 10.3. The first kappa shape index (κ1) is 35.7. The number of ether oxygens (including phenoxy) is 2. The van der Waals surface area contributed by atoms with Crippen molar-refractivity contribution in [3.63, 3.8) is 0 Å². The molecule has 3 aromatic rings. The zero-order valence-electron chi connectivity index (χ0n) is 29.7. The number of anilines is 1. The van der Waals surface area contributed by atoms with Crippen LogP contribution in [-0.4, -0.2) is 64.5 Å². The number of methoxy groups -OCH3 is 1. The summed E-state index contributed by atoms with van der Waals surface area (Å²) in [5.74, 6) is 0.0824. The first-order chi connectivity index (χ1) is 24.6. The predicted octanol–water partition coefficient (Wildman–Crippen LogP) is 7.01. The molecule has 1 saturated carbocycles. The van der Waals surface area contributed by atoms with Crippen molar-refractivity contribution in [2.45, 2.75) is 76.9 Å². The zero-order valence-corrected chi connectivity index (χ0v) is 31.3. The summed E-state index contributed by atoms with van der Waals surface area (Å²) in [6.45, 7) is 6.64. The van der Waals surface area contributed by atoms with Crippen molar-refractivity contribution < 1.29 is 23.3 Å². The van der Waals surface area contributed by atoms with E-state index >= 15 is 0 Å². The van der Waals surface area contributed by atoms with Crippen molar-refractivity contribution in [1.29, 1.82) is 0 Å². The van der Waals surface area contributed by atoms with Crippen molar-refractivity contribution in [3.05, 3.63) is 88.2 Å². The number of fused-ring (bicyclic) bond motifs is 4. The van der Waals surface area contributed by atoms with Crippen LogP contribution in [0.25, 0.3) is 0 Å². The summed E-state index contributed by atoms with van der Waals surface area (Å²) in [6.07, 6.45) is 13.8. The quantitative estimate of drug-likeness (QED) is 0.281. The number of carbonyl (C=O) groups is 2. The van der Waals surface area contributed by atoms with Gasteiger partial charge in [0.15, 0.2) is 0 Å². The standard InChI is InChI=1S/C39H48ClN5O5S/c1-4-17-45-22-30(20-41-45)38(47)43-51(48)23-26(2)7-5-9-35(49-3)32-13-10-29(32)21-44-24-39(16-6-8-27-18-31(40)12-14-33(27)39)25-50-36-15-11-28(19-34(36)44)37(46)42-51/h5,9,11-12,14-15,18-20,22,26,29,32,35H,4,6-8,10,13,16-17,21,23-25H2,1-3H3,(H,42,43,46,47,48)/b9-5-/t26-,29-,32+,35-,39-,51?/m0/s1. The zero-order chi connectivity index (χ0) is 35.8. The second-order valence-electron chi connectivity index (χ2n) is 14.9. The minimum Gasteiger partial charge on any atom is -0.490 e. The third-order valence-electron chi connectivity index (χ3n) is 11.1. The Balaban J connectivity index is 1.29. The minimum atomic E-state index is -3.53. The van der Waals surface area contributed by atoms with Gasteiger partial charge in [-0.3, -0.25) is 19.0 Å². The molecule has 272 valence electrons. The third kappa shape index (κ3) is 7.48. The van der Waals surface area contributed by atoms with Gasteiger partial charge in [-0.1, -0.05) is 43.7 Å². The number of hydrogen-bond acceptors (Lipinski definition) is 7. The Labute approximate surface area is 306 Å². The molecule has 1 aromatic heterocycles. The highest BCUT2D eigenvalue weighted by molar-refractivity contribution is 7.92. The van der Waals surface area contributed by atoms with E-state index in [9.17, 15) is 13.8 Å². The molecule has 1 fully saturated rings. The molecule has 4 aliphatic rings. The number of hydrogen-bond donors (Lipinski definition) is 1. The highest BCUT2D eigenvalue weighted by atomic mass is 35.5. The van der Waals surface area contributed by atoms with Crippen LogP contribution in [0.3, 0.4) is 0 Å². The van der Waals surface area contributed by atoms with Crippen molar-refractivity contribution in [2.24, 2.45) is 22.1 Å². The molecule has 2 bridgehead atoms. The van der Waals surface area contributed by atoms with Crippen LogP contribution in [0.15, 0.2) is 65.3 Å². The van der Waals surface area contributed by atoms with E-state index in [4.69, 9.17) is 21.1 Å². The monoisotopic (exact) mass is 733 g/mol. The van der Waals surface area contributed by atoms with Gasteiger partial charge in [-0.15, -0.1) is 4.36 Å². The fourth-order valence-corrected chi connectivity index (χ4v) is 10.5. The third-order valence-corrected chi connectivity index (χ3v) is 13.3. The molecule has 2 aliphatic heterocycles. The molecule has 3 heterocycles. The Hall–Kier alpha value is -3.67. The van der Waals surface area contributed by atoms with Gasteiger partial charge in [0.05, 0.1) is 35.9 Å². The van der Waals surface area contributed by atoms with Crippen LogP contribution in [0.1, 0.15) is 84.2 Å². The molecule has 1 N–H and O–H groups in total. The maximum Gasteiger partial charge on any atom is 0.286 e. The average molecular weight is 734 g/mol. The number of rotatable bonds is 5. The molecule has 1 spiro atoms. The predicted molar refractivity (Wildman–Crippen MR) is 200 cm³/mol. The topological polar surface area (TPSA) is 115 Å². The smallest absolute Gasteiger partial charge is 0.286 e. The van der Waals surface area contributed by atoms with Crippen LogP contribution in [0.4, 0.5) is 5.69 Å². The Morgan fingerprint density at radius 2 is 2.08 bits per heavy atom. The number of nitrogens with one attached hydrogen (secondary N) is 1. The summed E-state index contributed by atoms with van der Waals surface area (Å²) in [7, 11) is -1.76. The van der Waals surface area contributed by atoms with E-state index in [1.165, 1.54) is 17.3 Å². The maximum atomic E-state index is 14.5. The Bertz CT molecular complexity index is 1950. The molecule has 1 unspecified atom stereocenters. The van der Waals surface area contributed by atoms with Crippen LogP contribution in [0.2, 0.25) is 5.02 Å². The van der Waals surface area contributed by atoms with Gasteiger partial charge >= 0.3 is 0 Å². The lowest BCUT2D eigenvalue weighted by Crippen LogP contribution is -2.49. The number of aryl methyl sites for hydroxylation is 2. The number of carbonyl (C=O) groups excluding carboxylic acids is 2. The highest BCUT2D eigenvalue weighted by Crippen LogP contribution is 2.47. The van der Waals surface area contributed by atoms with E-state index in [1.807, 2.05) is 32.0 Å². The van der Waals surface area contributed by atoms with Gasteiger partial charge in [0.1, 0.15) is 15.7 Å². The fourth-order valence-electron chi connectivity index (χ4n) is 8.40. The van der Waals surface area contributed by atoms with Gasteiger partial charge in [-0.2, -0.15) is 5.10 Å². The minimum absolute atomic E-state index is 0.00768. The van der Waals surface area contributed by atoms with E-state index in [2.05, 4.69) is 43.4 Å². The molecular formula is C39H48ClN5O5S. The summed E-state index contributed by atoms with van der Waals surface area (Å²) in [5.41, 5.74) is 3.67. The average Bonchev–Trinajstić information content (AvgIpc) is 3.50. The summed E-state index contributed by atoms with van der Waals surface area (Å²) < 4.78 is 35.8. The second-order valence-corrected chi connectivity index (χ2v) is 17.3. The summed E-state index contributed by atoms with van der Waals surface area (Å²) in [4.78, 5) is 29.8. The maximum absolute atomic E-state index is 14.5. The van der Waals surface area contributed by atoms with Gasteiger partial charge in [-0.05, 0) is 104 Å². The molecule has 6 atom stereocenters. The first-order valence-electron chi connectivity index (χ1n) is 18.2. The van der Waals surface area contributed by atoms with Crippen molar-refractivity contribution in [2.75, 3.05) is 37.5 Å². The SMILES string of the molecule is CCCn1cc(C(=O)NS2(=O)=NC(=O)c3ccc4c(c3)N(C[C@@H]3CC[C@H]3[C@@H](OC)/C=C\C[C@H](C)C2)C[C@@]2(CCCc3cc(Cl)ccc32)CO4)cn1. The van der Waals surface area contributed by atoms with E-state index in [1.54, 1.807) is 24.1 Å². The molecule has 2 aromatic carbocycles. The van der Waals surface area contributed by atoms with Gasteiger partial charge in [-0.25, -0.2) is 4.21 Å². The molecule has 2 amide bonds. The summed E-state index contributed by atoms with van der Waals surface area (Å²) in [6, 6.07) is 11.6. The van der Waals surface area contributed by atoms with E-state index < -0.39 is 21.7 Å².